The summed E-state index contributed by atoms with van der Waals surface area (Å²) in [5.41, 5.74) is 1.75. The summed E-state index contributed by atoms with van der Waals surface area (Å²) in [5.74, 6) is -0.631. The lowest BCUT2D eigenvalue weighted by molar-refractivity contribution is -0.172. The van der Waals surface area contributed by atoms with Gasteiger partial charge in [-0.3, -0.25) is 10.2 Å². The van der Waals surface area contributed by atoms with Crippen LogP contribution in [-0.4, -0.2) is 31.6 Å². The van der Waals surface area contributed by atoms with Crippen molar-refractivity contribution in [2.75, 3.05) is 5.32 Å². The maximum atomic E-state index is 13.4. The molecular formula is C27H22N4O5. The van der Waals surface area contributed by atoms with Gasteiger partial charge in [0.05, 0.1) is 34.7 Å². The maximum Gasteiger partial charge on any atom is 0.343 e. The number of phenolic OH excluding ortho intramolecular Hbond substituents is 1. The summed E-state index contributed by atoms with van der Waals surface area (Å²) in [6, 6.07) is 15.8. The molecule has 180 valence electrons. The topological polar surface area (TPSA) is 138 Å². The first-order valence-electron chi connectivity index (χ1n) is 11.5. The number of hydrogen-bond acceptors (Lipinski definition) is 7. The van der Waals surface area contributed by atoms with E-state index >= 15 is 0 Å². The van der Waals surface area contributed by atoms with Crippen LogP contribution in [-0.2, 0) is 28.3 Å². The molecule has 9 nitrogen and oxygen atoms in total. The molecule has 2 aromatic heterocycles. The van der Waals surface area contributed by atoms with Gasteiger partial charge in [-0.15, -0.1) is 0 Å². The first-order chi connectivity index (χ1) is 17.3. The third kappa shape index (κ3) is 3.13. The number of nitrogens with one attached hydrogen (secondary N) is 2. The number of aromatic hydroxyl groups is 1. The summed E-state index contributed by atoms with van der Waals surface area (Å²) >= 11 is 0. The number of nitrogens with zero attached hydrogens (tertiary/aromatic N) is 2. The van der Waals surface area contributed by atoms with Crippen molar-refractivity contribution < 1.29 is 19.7 Å². The molecule has 2 aliphatic heterocycles. The van der Waals surface area contributed by atoms with E-state index in [2.05, 4.69) is 5.32 Å². The predicted octanol–water partition coefficient (Wildman–Crippen LogP) is 3.22. The number of amidine groups is 1. The molecule has 0 saturated heterocycles. The van der Waals surface area contributed by atoms with Crippen molar-refractivity contribution in [3.8, 4) is 17.1 Å². The van der Waals surface area contributed by atoms with E-state index in [9.17, 15) is 19.8 Å². The van der Waals surface area contributed by atoms with Crippen molar-refractivity contribution in [1.29, 1.82) is 5.41 Å². The number of pyridine rings is 2. The number of phenols is 1. The number of ether oxygens (including phenoxy) is 1. The molecule has 36 heavy (non-hydrogen) atoms. The van der Waals surface area contributed by atoms with Gasteiger partial charge < -0.3 is 24.8 Å². The smallest absolute Gasteiger partial charge is 0.343 e. The minimum atomic E-state index is -1.89. The minimum Gasteiger partial charge on any atom is -0.508 e. The van der Waals surface area contributed by atoms with Crippen LogP contribution in [0.25, 0.3) is 22.3 Å². The number of rotatable bonds is 3. The van der Waals surface area contributed by atoms with E-state index in [0.29, 0.717) is 33.5 Å². The number of esters is 1. The molecule has 2 aromatic carbocycles. The number of benzene rings is 2. The summed E-state index contributed by atoms with van der Waals surface area (Å²) in [6.45, 7) is 1.73. The van der Waals surface area contributed by atoms with Crippen LogP contribution in [0.1, 0.15) is 35.6 Å². The third-order valence-corrected chi connectivity index (χ3v) is 6.93. The van der Waals surface area contributed by atoms with Crippen molar-refractivity contribution in [1.82, 2.24) is 9.55 Å². The van der Waals surface area contributed by atoms with Gasteiger partial charge in [0, 0.05) is 34.2 Å². The van der Waals surface area contributed by atoms with E-state index in [-0.39, 0.29) is 47.8 Å². The molecular weight excluding hydrogens is 460 g/mol. The Hall–Kier alpha value is -4.50. The van der Waals surface area contributed by atoms with Gasteiger partial charge in [0.25, 0.3) is 5.56 Å². The van der Waals surface area contributed by atoms with Crippen molar-refractivity contribution in [3.05, 3.63) is 87.2 Å². The average molecular weight is 482 g/mol. The van der Waals surface area contributed by atoms with Crippen LogP contribution in [0.5, 0.6) is 5.75 Å². The highest BCUT2D eigenvalue weighted by Crippen LogP contribution is 2.40. The van der Waals surface area contributed by atoms with Crippen LogP contribution in [0.4, 0.5) is 5.69 Å². The molecule has 4 N–H and O–H groups in total. The normalized spacial score (nSPS) is 17.8. The Balaban J connectivity index is 1.50. The third-order valence-electron chi connectivity index (χ3n) is 6.93. The second-order valence-corrected chi connectivity index (χ2v) is 9.03. The van der Waals surface area contributed by atoms with Gasteiger partial charge in [-0.25, -0.2) is 9.78 Å². The summed E-state index contributed by atoms with van der Waals surface area (Å²) in [4.78, 5) is 30.5. The number of aliphatic hydroxyl groups is 1. The van der Waals surface area contributed by atoms with Crippen molar-refractivity contribution in [3.63, 3.8) is 0 Å². The predicted molar refractivity (Wildman–Crippen MR) is 133 cm³/mol. The Bertz CT molecular complexity index is 1660. The van der Waals surface area contributed by atoms with Gasteiger partial charge in [-0.2, -0.15) is 0 Å². The fourth-order valence-corrected chi connectivity index (χ4v) is 4.98. The molecule has 2 aliphatic rings. The number of hydrogen-bond donors (Lipinski definition) is 4. The SMILES string of the molecule is CC[C@@]1(O)C(=O)OCc2c1cc1n(c2=O)Cc2cc3c(NC(=N)c4ccccc4)cc(O)cc3nc2-1. The maximum absolute atomic E-state index is 13.4. The van der Waals surface area contributed by atoms with Crippen LogP contribution >= 0.6 is 0 Å². The van der Waals surface area contributed by atoms with Gasteiger partial charge in [0.15, 0.2) is 5.60 Å². The lowest BCUT2D eigenvalue weighted by Crippen LogP contribution is -2.44. The molecule has 4 aromatic rings. The molecule has 9 heteroatoms. The average Bonchev–Trinajstić information content (AvgIpc) is 3.24. The number of carbonyl (C=O) groups is 1. The lowest BCUT2D eigenvalue weighted by atomic mass is 9.86. The van der Waals surface area contributed by atoms with Crippen LogP contribution in [0.15, 0.2) is 59.4 Å². The van der Waals surface area contributed by atoms with Gasteiger partial charge in [0.1, 0.15) is 18.2 Å². The van der Waals surface area contributed by atoms with Gasteiger partial charge in [-0.1, -0.05) is 37.3 Å². The monoisotopic (exact) mass is 482 g/mol. The Kier molecular flexibility index (Phi) is 4.74. The summed E-state index contributed by atoms with van der Waals surface area (Å²) in [5, 5.41) is 33.6. The van der Waals surface area contributed by atoms with Crippen LogP contribution in [0.3, 0.4) is 0 Å². The molecule has 0 unspecified atom stereocenters. The highest BCUT2D eigenvalue weighted by molar-refractivity contribution is 6.10. The fraction of sp³-hybridized carbons (Fsp3) is 0.185. The van der Waals surface area contributed by atoms with Crippen LogP contribution < -0.4 is 10.9 Å². The van der Waals surface area contributed by atoms with Gasteiger partial charge in [0.2, 0.25) is 0 Å². The second-order valence-electron chi connectivity index (χ2n) is 9.03. The van der Waals surface area contributed by atoms with Crippen LogP contribution in [0, 0.1) is 5.41 Å². The van der Waals surface area contributed by atoms with E-state index in [0.717, 1.165) is 5.56 Å². The zero-order chi connectivity index (χ0) is 25.2. The lowest BCUT2D eigenvalue weighted by Gasteiger charge is -2.31. The zero-order valence-corrected chi connectivity index (χ0v) is 19.3. The summed E-state index contributed by atoms with van der Waals surface area (Å²) < 4.78 is 6.68. The molecule has 0 saturated carbocycles. The van der Waals surface area contributed by atoms with E-state index in [1.807, 2.05) is 36.4 Å². The molecule has 0 fully saturated rings. The highest BCUT2D eigenvalue weighted by Gasteiger charge is 2.45. The standard InChI is InChI=1S/C27H22N4O5/c1-2-27(35)19-11-22-23-15(12-31(22)25(33)18(19)13-36-26(27)34)8-17-20(29-23)9-16(32)10-21(17)30-24(28)14-6-4-3-5-7-14/h3-11,32,35H,2,12-13H2,1H3,(H2,28,30)/t27-/m0/s1. The van der Waals surface area contributed by atoms with Gasteiger partial charge >= 0.3 is 5.97 Å². The van der Waals surface area contributed by atoms with Gasteiger partial charge in [-0.05, 0) is 18.6 Å². The number of aromatic nitrogens is 2. The Morgan fingerprint density at radius 3 is 2.72 bits per heavy atom. The van der Waals surface area contributed by atoms with Crippen molar-refractivity contribution >= 4 is 28.4 Å². The summed E-state index contributed by atoms with van der Waals surface area (Å²) in [6.07, 6.45) is 0.0655. The van der Waals surface area contributed by atoms with E-state index in [1.165, 1.54) is 12.1 Å². The largest absolute Gasteiger partial charge is 0.508 e. The second kappa shape index (κ2) is 7.76. The molecule has 0 bridgehead atoms. The number of fused-ring (bicyclic) bond motifs is 5. The van der Waals surface area contributed by atoms with Crippen LogP contribution in [0.2, 0.25) is 0 Å². The Labute approximate surface area is 205 Å². The molecule has 1 atom stereocenters. The first-order valence-corrected chi connectivity index (χ1v) is 11.5. The fourth-order valence-electron chi connectivity index (χ4n) is 4.98. The van der Waals surface area contributed by atoms with Crippen molar-refractivity contribution in [2.45, 2.75) is 32.1 Å². The molecule has 6 rings (SSSR count). The highest BCUT2D eigenvalue weighted by atomic mass is 16.6. The molecule has 0 aliphatic carbocycles. The molecule has 0 amide bonds. The molecule has 0 radical (unpaired) electrons. The summed E-state index contributed by atoms with van der Waals surface area (Å²) in [7, 11) is 0. The molecule has 0 spiro atoms. The Morgan fingerprint density at radius 2 is 1.97 bits per heavy atom. The van der Waals surface area contributed by atoms with E-state index in [4.69, 9.17) is 15.1 Å². The molecule has 4 heterocycles. The first kappa shape index (κ1) is 22.0. The van der Waals surface area contributed by atoms with E-state index < -0.39 is 11.6 Å². The minimum absolute atomic E-state index is 0.0257. The number of carbonyl (C=O) groups excluding carboxylic acids is 1. The Morgan fingerprint density at radius 1 is 1.19 bits per heavy atom. The number of anilines is 1. The van der Waals surface area contributed by atoms with E-state index in [1.54, 1.807) is 17.6 Å². The number of cyclic esters (lactones) is 1. The van der Waals surface area contributed by atoms with Crippen molar-refractivity contribution in [2.24, 2.45) is 0 Å². The quantitative estimate of drug-likeness (QED) is 0.176. The zero-order valence-electron chi connectivity index (χ0n) is 19.3.